The predicted octanol–water partition coefficient (Wildman–Crippen LogP) is 6.07. The molecule has 0 aromatic heterocycles. The molecule has 3 nitrogen and oxygen atoms in total. The number of carbonyl (C=O) groups excluding carboxylic acids is 1. The average Bonchev–Trinajstić information content (AvgIpc) is 2.54. The molecule has 116 valence electrons. The molecule has 5 heteroatoms. The lowest BCUT2D eigenvalue weighted by molar-refractivity contribution is 0.215. The van der Waals surface area contributed by atoms with Crippen LogP contribution in [0.5, 0.6) is 5.75 Å². The summed E-state index contributed by atoms with van der Waals surface area (Å²) in [6, 6.07) is 16.4. The van der Waals surface area contributed by atoms with E-state index in [1.54, 1.807) is 12.1 Å². The average molecular weight is 346 g/mol. The Hall–Kier alpha value is -2.23. The molecule has 1 N–H and O–H groups in total. The van der Waals surface area contributed by atoms with E-state index in [2.05, 4.69) is 5.32 Å². The Morgan fingerprint density at radius 3 is 2.35 bits per heavy atom. The Balaban J connectivity index is 1.93. The van der Waals surface area contributed by atoms with Gasteiger partial charge in [-0.05, 0) is 24.6 Å². The number of anilines is 1. The van der Waals surface area contributed by atoms with Crippen molar-refractivity contribution < 1.29 is 9.53 Å². The van der Waals surface area contributed by atoms with Crippen molar-refractivity contribution in [1.82, 2.24) is 0 Å². The van der Waals surface area contributed by atoms with Crippen LogP contribution in [-0.2, 0) is 0 Å². The van der Waals surface area contributed by atoms with Crippen LogP contribution in [0, 0.1) is 6.92 Å². The van der Waals surface area contributed by atoms with Gasteiger partial charge in [0.2, 0.25) is 0 Å². The minimum absolute atomic E-state index is 0.286. The van der Waals surface area contributed by atoms with Crippen molar-refractivity contribution in [1.29, 1.82) is 0 Å². The minimum Gasteiger partial charge on any atom is -0.408 e. The maximum Gasteiger partial charge on any atom is 0.417 e. The number of rotatable bonds is 2. The number of ether oxygens (including phenoxy) is 1. The molecule has 0 atom stereocenters. The summed E-state index contributed by atoms with van der Waals surface area (Å²) in [7, 11) is 0. The number of nitrogens with one attached hydrogen (secondary N) is 1. The van der Waals surface area contributed by atoms with E-state index in [1.165, 1.54) is 0 Å². The van der Waals surface area contributed by atoms with Gasteiger partial charge in [0.05, 0.1) is 10.0 Å². The predicted molar refractivity (Wildman–Crippen MR) is 94.8 cm³/mol. The van der Waals surface area contributed by atoms with Crippen molar-refractivity contribution in [3.8, 4) is 5.75 Å². The van der Waals surface area contributed by atoms with Crippen LogP contribution in [0.4, 0.5) is 10.5 Å². The van der Waals surface area contributed by atoms with E-state index in [9.17, 15) is 4.79 Å². The Labute approximate surface area is 143 Å². The quantitative estimate of drug-likeness (QED) is 0.612. The number of aryl methyl sites for hydroxylation is 1. The first-order valence-corrected chi connectivity index (χ1v) is 7.73. The van der Waals surface area contributed by atoms with Crippen LogP contribution in [0.2, 0.25) is 10.0 Å². The zero-order chi connectivity index (χ0) is 16.4. The third-order valence-electron chi connectivity index (χ3n) is 3.48. The highest BCUT2D eigenvalue weighted by Gasteiger charge is 2.15. The van der Waals surface area contributed by atoms with Crippen LogP contribution in [0.15, 0.2) is 54.6 Å². The Morgan fingerprint density at radius 1 is 0.957 bits per heavy atom. The standard InChI is InChI=1S/C18H13Cl2NO2/c1-11-6-2-5-9-16(11)21-18(22)23-17-13-8-4-3-7-12(13)14(19)10-15(17)20/h2-10H,1H3,(H,21,22). The van der Waals surface area contributed by atoms with Crippen LogP contribution in [-0.4, -0.2) is 6.09 Å². The lowest BCUT2D eigenvalue weighted by atomic mass is 10.1. The summed E-state index contributed by atoms with van der Waals surface area (Å²) in [5, 5.41) is 4.97. The number of halogens is 2. The molecule has 0 saturated heterocycles. The third-order valence-corrected chi connectivity index (χ3v) is 4.07. The van der Waals surface area contributed by atoms with Crippen LogP contribution >= 0.6 is 23.2 Å². The maximum atomic E-state index is 12.2. The number of carbonyl (C=O) groups is 1. The van der Waals surface area contributed by atoms with Gasteiger partial charge in [-0.3, -0.25) is 5.32 Å². The topological polar surface area (TPSA) is 38.3 Å². The summed E-state index contributed by atoms with van der Waals surface area (Å²) in [5.74, 6) is 0.290. The largest absolute Gasteiger partial charge is 0.417 e. The van der Waals surface area contributed by atoms with Crippen LogP contribution in [0.25, 0.3) is 10.8 Å². The van der Waals surface area contributed by atoms with Gasteiger partial charge in [-0.2, -0.15) is 0 Å². The molecular formula is C18H13Cl2NO2. The molecule has 0 aliphatic rings. The Bertz CT molecular complexity index is 893. The second-order valence-corrected chi connectivity index (χ2v) is 5.86. The highest BCUT2D eigenvalue weighted by molar-refractivity contribution is 6.40. The number of para-hydroxylation sites is 1. The fourth-order valence-electron chi connectivity index (χ4n) is 2.32. The fraction of sp³-hybridized carbons (Fsp3) is 0.0556. The first-order valence-electron chi connectivity index (χ1n) is 6.97. The second-order valence-electron chi connectivity index (χ2n) is 5.04. The molecule has 0 fully saturated rings. The summed E-state index contributed by atoms with van der Waals surface area (Å²) < 4.78 is 5.43. The van der Waals surface area contributed by atoms with Gasteiger partial charge >= 0.3 is 6.09 Å². The van der Waals surface area contributed by atoms with Crippen molar-refractivity contribution in [3.05, 3.63) is 70.2 Å². The maximum absolute atomic E-state index is 12.2. The molecular weight excluding hydrogens is 333 g/mol. The molecule has 0 saturated carbocycles. The first kappa shape index (κ1) is 15.7. The molecule has 0 heterocycles. The SMILES string of the molecule is Cc1ccccc1NC(=O)Oc1c(Cl)cc(Cl)c2ccccc12. The second kappa shape index (κ2) is 6.49. The number of benzene rings is 3. The number of amides is 1. The molecule has 0 unspecified atom stereocenters. The molecule has 0 spiro atoms. The van der Waals surface area contributed by atoms with Crippen LogP contribution in [0.1, 0.15) is 5.56 Å². The monoisotopic (exact) mass is 345 g/mol. The molecule has 0 aliphatic heterocycles. The van der Waals surface area contributed by atoms with Gasteiger partial charge in [0, 0.05) is 16.5 Å². The normalized spacial score (nSPS) is 10.6. The van der Waals surface area contributed by atoms with Crippen molar-refractivity contribution in [2.75, 3.05) is 5.32 Å². The molecule has 3 rings (SSSR count). The van der Waals surface area contributed by atoms with E-state index < -0.39 is 6.09 Å². The van der Waals surface area contributed by atoms with E-state index in [-0.39, 0.29) is 10.8 Å². The Morgan fingerprint density at radius 2 is 1.61 bits per heavy atom. The summed E-state index contributed by atoms with van der Waals surface area (Å²) in [4.78, 5) is 12.2. The lowest BCUT2D eigenvalue weighted by Gasteiger charge is -2.12. The highest BCUT2D eigenvalue weighted by Crippen LogP contribution is 2.38. The zero-order valence-corrected chi connectivity index (χ0v) is 13.8. The molecule has 0 bridgehead atoms. The summed E-state index contributed by atoms with van der Waals surface area (Å²) in [6.07, 6.45) is -0.603. The van der Waals surface area contributed by atoms with E-state index >= 15 is 0 Å². The minimum atomic E-state index is -0.603. The van der Waals surface area contributed by atoms with Crippen LogP contribution < -0.4 is 10.1 Å². The third kappa shape index (κ3) is 3.26. The first-order chi connectivity index (χ1) is 11.1. The van der Waals surface area contributed by atoms with Gasteiger partial charge in [-0.15, -0.1) is 0 Å². The molecule has 0 radical (unpaired) electrons. The molecule has 1 amide bonds. The Kier molecular flexibility index (Phi) is 4.42. The summed E-state index contributed by atoms with van der Waals surface area (Å²) in [5.41, 5.74) is 1.63. The smallest absolute Gasteiger partial charge is 0.408 e. The van der Waals surface area contributed by atoms with Crippen molar-refractivity contribution in [2.45, 2.75) is 6.92 Å². The molecule has 23 heavy (non-hydrogen) atoms. The number of hydrogen-bond donors (Lipinski definition) is 1. The van der Waals surface area contributed by atoms with Gasteiger partial charge in [0.1, 0.15) is 0 Å². The molecule has 3 aromatic rings. The van der Waals surface area contributed by atoms with Gasteiger partial charge < -0.3 is 4.74 Å². The number of hydrogen-bond acceptors (Lipinski definition) is 2. The number of fused-ring (bicyclic) bond motifs is 1. The highest BCUT2D eigenvalue weighted by atomic mass is 35.5. The van der Waals surface area contributed by atoms with Crippen molar-refractivity contribution in [3.63, 3.8) is 0 Å². The van der Waals surface area contributed by atoms with Gasteiger partial charge in [-0.1, -0.05) is 65.7 Å². The van der Waals surface area contributed by atoms with E-state index in [4.69, 9.17) is 27.9 Å². The van der Waals surface area contributed by atoms with E-state index in [0.29, 0.717) is 16.1 Å². The van der Waals surface area contributed by atoms with Gasteiger partial charge in [0.25, 0.3) is 0 Å². The molecule has 3 aromatic carbocycles. The van der Waals surface area contributed by atoms with Crippen molar-refractivity contribution >= 4 is 45.8 Å². The lowest BCUT2D eigenvalue weighted by Crippen LogP contribution is -2.17. The molecule has 0 aliphatic carbocycles. The summed E-state index contributed by atoms with van der Waals surface area (Å²) >= 11 is 12.4. The van der Waals surface area contributed by atoms with Crippen molar-refractivity contribution in [2.24, 2.45) is 0 Å². The van der Waals surface area contributed by atoms with Gasteiger partial charge in [0.15, 0.2) is 5.75 Å². The fourth-order valence-corrected chi connectivity index (χ4v) is 2.90. The summed E-state index contributed by atoms with van der Waals surface area (Å²) in [6.45, 7) is 1.90. The van der Waals surface area contributed by atoms with E-state index in [1.807, 2.05) is 49.4 Å². The zero-order valence-electron chi connectivity index (χ0n) is 12.3. The van der Waals surface area contributed by atoms with Crippen LogP contribution in [0.3, 0.4) is 0 Å². The van der Waals surface area contributed by atoms with E-state index in [0.717, 1.165) is 10.9 Å². The van der Waals surface area contributed by atoms with Gasteiger partial charge in [-0.25, -0.2) is 4.79 Å².